The molecule has 2 heterocycles. The van der Waals surface area contributed by atoms with Crippen LogP contribution < -0.4 is 0 Å². The van der Waals surface area contributed by atoms with Crippen molar-refractivity contribution in [3.05, 3.63) is 11.6 Å². The van der Waals surface area contributed by atoms with Gasteiger partial charge in [-0.05, 0) is 13.3 Å². The van der Waals surface area contributed by atoms with Crippen LogP contribution in [-0.4, -0.2) is 41.2 Å². The lowest BCUT2D eigenvalue weighted by molar-refractivity contribution is 0.116. The van der Waals surface area contributed by atoms with Crippen LogP contribution in [0.5, 0.6) is 0 Å². The molecule has 1 aliphatic heterocycles. The number of hydrogen-bond donors (Lipinski definition) is 0. The highest BCUT2D eigenvalue weighted by Gasteiger charge is 2.30. The van der Waals surface area contributed by atoms with Gasteiger partial charge in [0.15, 0.2) is 0 Å². The van der Waals surface area contributed by atoms with Crippen LogP contribution in [0.25, 0.3) is 0 Å². The van der Waals surface area contributed by atoms with Crippen LogP contribution in [0.4, 0.5) is 0 Å². The fourth-order valence-electron chi connectivity index (χ4n) is 2.22. The van der Waals surface area contributed by atoms with Gasteiger partial charge in [-0.1, -0.05) is 15.9 Å². The normalized spacial score (nSPS) is 24.4. The molecule has 5 nitrogen and oxygen atoms in total. The second kappa shape index (κ2) is 5.93. The summed E-state index contributed by atoms with van der Waals surface area (Å²) >= 11 is 3.44. The molecule has 1 aromatic heterocycles. The van der Waals surface area contributed by atoms with Crippen LogP contribution in [0.15, 0.2) is 0 Å². The molecule has 2 unspecified atom stereocenters. The van der Waals surface area contributed by atoms with Crippen LogP contribution in [0, 0.1) is 0 Å². The van der Waals surface area contributed by atoms with Crippen molar-refractivity contribution in [2.45, 2.75) is 37.2 Å². The summed E-state index contributed by atoms with van der Waals surface area (Å²) in [5.74, 6) is 2.34. The Morgan fingerprint density at radius 1 is 1.53 bits per heavy atom. The van der Waals surface area contributed by atoms with E-state index < -0.39 is 0 Å². The lowest BCUT2D eigenvalue weighted by Crippen LogP contribution is -2.18. The molecule has 6 heteroatoms. The van der Waals surface area contributed by atoms with Gasteiger partial charge in [0, 0.05) is 26.2 Å². The monoisotopic (exact) mass is 303 g/mol. The molecule has 0 N–H and O–H groups in total. The van der Waals surface area contributed by atoms with E-state index in [0.717, 1.165) is 31.2 Å². The quantitative estimate of drug-likeness (QED) is 0.777. The molecule has 1 aliphatic rings. The third-order valence-corrected chi connectivity index (χ3v) is 3.70. The Kier molecular flexibility index (Phi) is 4.53. The first-order valence-corrected chi connectivity index (χ1v) is 6.98. The molecule has 0 aromatic carbocycles. The first-order chi connectivity index (χ1) is 8.27. The number of hydrogen-bond acceptors (Lipinski definition) is 4. The lowest BCUT2D eigenvalue weighted by Gasteiger charge is -2.15. The van der Waals surface area contributed by atoms with Crippen LogP contribution in [0.2, 0.25) is 0 Å². The van der Waals surface area contributed by atoms with Gasteiger partial charge in [0.25, 0.3) is 0 Å². The van der Waals surface area contributed by atoms with Crippen molar-refractivity contribution in [3.8, 4) is 0 Å². The number of nitrogens with zero attached hydrogens (tertiary/aromatic N) is 3. The van der Waals surface area contributed by atoms with Gasteiger partial charge in [-0.2, -0.15) is 0 Å². The maximum Gasteiger partial charge on any atom is 0.143 e. The summed E-state index contributed by atoms with van der Waals surface area (Å²) in [5, 5.41) is 9.26. The van der Waals surface area contributed by atoms with Crippen LogP contribution >= 0.6 is 15.9 Å². The number of aromatic nitrogens is 3. The van der Waals surface area contributed by atoms with Gasteiger partial charge in [-0.25, -0.2) is 0 Å². The average Bonchev–Trinajstić information content (AvgIpc) is 2.91. The Hall–Kier alpha value is -0.460. The molecule has 1 fully saturated rings. The summed E-state index contributed by atoms with van der Waals surface area (Å²) in [7, 11) is 1.71. The summed E-state index contributed by atoms with van der Waals surface area (Å²) in [4.78, 5) is 0. The zero-order valence-corrected chi connectivity index (χ0v) is 11.8. The Morgan fingerprint density at radius 2 is 2.35 bits per heavy atom. The second-order valence-corrected chi connectivity index (χ2v) is 4.78. The van der Waals surface area contributed by atoms with Crippen molar-refractivity contribution in [1.29, 1.82) is 0 Å². The van der Waals surface area contributed by atoms with Gasteiger partial charge >= 0.3 is 0 Å². The Bertz CT molecular complexity index is 370. The number of halogens is 1. The van der Waals surface area contributed by atoms with E-state index >= 15 is 0 Å². The molecular formula is C11H18BrN3O2. The molecule has 0 amide bonds. The number of ether oxygens (including phenoxy) is 2. The van der Waals surface area contributed by atoms with Gasteiger partial charge in [0.05, 0.1) is 18.0 Å². The van der Waals surface area contributed by atoms with E-state index in [4.69, 9.17) is 9.47 Å². The minimum atomic E-state index is 0.226. The largest absolute Gasteiger partial charge is 0.383 e. The molecule has 0 saturated carbocycles. The third kappa shape index (κ3) is 2.69. The van der Waals surface area contributed by atoms with Crippen molar-refractivity contribution >= 4 is 15.9 Å². The molecule has 0 spiro atoms. The van der Waals surface area contributed by atoms with Gasteiger partial charge < -0.3 is 14.0 Å². The molecule has 2 atom stereocenters. The predicted molar refractivity (Wildman–Crippen MR) is 67.3 cm³/mol. The van der Waals surface area contributed by atoms with Gasteiger partial charge in [0.2, 0.25) is 0 Å². The number of methoxy groups -OCH3 is 1. The van der Waals surface area contributed by atoms with Crippen molar-refractivity contribution in [2.24, 2.45) is 0 Å². The molecule has 1 aromatic rings. The van der Waals surface area contributed by atoms with E-state index in [0.29, 0.717) is 17.9 Å². The zero-order chi connectivity index (χ0) is 12.3. The third-order valence-electron chi connectivity index (χ3n) is 3.20. The van der Waals surface area contributed by atoms with Crippen LogP contribution in [-0.2, 0) is 21.3 Å². The summed E-state index contributed by atoms with van der Waals surface area (Å²) in [6.45, 7) is 4.38. The Balaban J connectivity index is 2.23. The van der Waals surface area contributed by atoms with Crippen molar-refractivity contribution in [3.63, 3.8) is 0 Å². The van der Waals surface area contributed by atoms with E-state index in [1.54, 1.807) is 7.11 Å². The van der Waals surface area contributed by atoms with Gasteiger partial charge in [0.1, 0.15) is 11.6 Å². The molecule has 1 saturated heterocycles. The average molecular weight is 304 g/mol. The fraction of sp³-hybridized carbons (Fsp3) is 0.818. The van der Waals surface area contributed by atoms with Crippen LogP contribution in [0.1, 0.15) is 30.9 Å². The maximum atomic E-state index is 5.60. The van der Waals surface area contributed by atoms with Crippen molar-refractivity contribution in [2.75, 3.05) is 20.3 Å². The molecule has 0 radical (unpaired) electrons. The molecule has 17 heavy (non-hydrogen) atoms. The minimum absolute atomic E-state index is 0.226. The standard InChI is InChI=1S/C11H18BrN3O2/c1-8-9(3-5-17-8)11-14-13-10(7-12)15(11)4-6-16-2/h8-9H,3-7H2,1-2H3. The SMILES string of the molecule is COCCn1c(CBr)nnc1C1CCOC1C. The molecule has 0 bridgehead atoms. The minimum Gasteiger partial charge on any atom is -0.383 e. The van der Waals surface area contributed by atoms with Crippen molar-refractivity contribution < 1.29 is 9.47 Å². The molecular weight excluding hydrogens is 286 g/mol. The molecule has 96 valence electrons. The maximum absolute atomic E-state index is 5.60. The second-order valence-electron chi connectivity index (χ2n) is 4.22. The van der Waals surface area contributed by atoms with E-state index in [1.165, 1.54) is 0 Å². The molecule has 2 rings (SSSR count). The number of rotatable bonds is 5. The van der Waals surface area contributed by atoms with E-state index in [9.17, 15) is 0 Å². The summed E-state index contributed by atoms with van der Waals surface area (Å²) < 4.78 is 12.9. The first-order valence-electron chi connectivity index (χ1n) is 5.86. The smallest absolute Gasteiger partial charge is 0.143 e. The summed E-state index contributed by atoms with van der Waals surface area (Å²) in [6, 6.07) is 0. The van der Waals surface area contributed by atoms with E-state index in [-0.39, 0.29) is 6.10 Å². The lowest BCUT2D eigenvalue weighted by atomic mass is 10.0. The highest BCUT2D eigenvalue weighted by molar-refractivity contribution is 9.08. The Morgan fingerprint density at radius 3 is 2.94 bits per heavy atom. The highest BCUT2D eigenvalue weighted by atomic mass is 79.9. The summed E-state index contributed by atoms with van der Waals surface area (Å²) in [5.41, 5.74) is 0. The van der Waals surface area contributed by atoms with Gasteiger partial charge in [-0.3, -0.25) is 0 Å². The predicted octanol–water partition coefficient (Wildman–Crippen LogP) is 1.71. The zero-order valence-electron chi connectivity index (χ0n) is 10.2. The number of alkyl halides is 1. The topological polar surface area (TPSA) is 49.2 Å². The highest BCUT2D eigenvalue weighted by Crippen LogP contribution is 2.30. The molecule has 0 aliphatic carbocycles. The Labute approximate surface area is 110 Å². The first kappa shape index (κ1) is 13.0. The van der Waals surface area contributed by atoms with Gasteiger partial charge in [-0.15, -0.1) is 10.2 Å². The van der Waals surface area contributed by atoms with E-state index in [1.807, 2.05) is 0 Å². The van der Waals surface area contributed by atoms with Crippen LogP contribution in [0.3, 0.4) is 0 Å². The summed E-state index contributed by atoms with van der Waals surface area (Å²) in [6.07, 6.45) is 1.25. The van der Waals surface area contributed by atoms with Crippen molar-refractivity contribution in [1.82, 2.24) is 14.8 Å². The fourth-order valence-corrected chi connectivity index (χ4v) is 2.63. The van der Waals surface area contributed by atoms with E-state index in [2.05, 4.69) is 37.6 Å².